The van der Waals surface area contributed by atoms with Gasteiger partial charge in [-0.2, -0.15) is 5.26 Å². The third kappa shape index (κ3) is 3.17. The second-order valence-electron chi connectivity index (χ2n) is 5.37. The molecule has 0 saturated carbocycles. The lowest BCUT2D eigenvalue weighted by Gasteiger charge is -2.13. The van der Waals surface area contributed by atoms with Crippen molar-refractivity contribution in [3.05, 3.63) is 54.0 Å². The normalized spacial score (nSPS) is 10.3. The van der Waals surface area contributed by atoms with Gasteiger partial charge in [0.05, 0.1) is 12.8 Å². The number of aromatic nitrogens is 2. The lowest BCUT2D eigenvalue weighted by atomic mass is 9.98. The number of halogens is 1. The van der Waals surface area contributed by atoms with Gasteiger partial charge in [0.25, 0.3) is 5.91 Å². The number of carbonyl (C=O) groups excluding carboxylic acids is 1. The summed E-state index contributed by atoms with van der Waals surface area (Å²) in [5, 5.41) is 13.2. The van der Waals surface area contributed by atoms with Crippen molar-refractivity contribution in [2.75, 3.05) is 20.3 Å². The van der Waals surface area contributed by atoms with Crippen molar-refractivity contribution >= 4 is 16.7 Å². The van der Waals surface area contributed by atoms with Crippen molar-refractivity contribution in [3.8, 4) is 23.1 Å². The maximum Gasteiger partial charge on any atom is 0.270 e. The molecule has 6 nitrogen and oxygen atoms in total. The minimum Gasteiger partial charge on any atom is -0.497 e. The minimum atomic E-state index is -0.686. The number of hydrogen-bond donors (Lipinski definition) is 1. The van der Waals surface area contributed by atoms with Gasteiger partial charge >= 0.3 is 0 Å². The number of methoxy groups -OCH3 is 1. The van der Waals surface area contributed by atoms with Crippen LogP contribution in [0.15, 0.2) is 42.6 Å². The monoisotopic (exact) mass is 350 g/mol. The Morgan fingerprint density at radius 1 is 1.31 bits per heavy atom. The van der Waals surface area contributed by atoms with Crippen LogP contribution in [0, 0.1) is 11.3 Å². The highest BCUT2D eigenvalue weighted by Crippen LogP contribution is 2.33. The number of amides is 1. The Kier molecular flexibility index (Phi) is 5.04. The predicted octanol–water partition coefficient (Wildman–Crippen LogP) is 2.88. The average Bonchev–Trinajstić information content (AvgIpc) is 2.70. The summed E-state index contributed by atoms with van der Waals surface area (Å²) < 4.78 is 17.7. The van der Waals surface area contributed by atoms with Gasteiger partial charge in [-0.15, -0.1) is 0 Å². The summed E-state index contributed by atoms with van der Waals surface area (Å²) in [6.07, 6.45) is 1.62. The summed E-state index contributed by atoms with van der Waals surface area (Å²) in [5.41, 5.74) is 1.21. The molecule has 0 bridgehead atoms. The van der Waals surface area contributed by atoms with Crippen molar-refractivity contribution in [1.29, 1.82) is 5.26 Å². The smallest absolute Gasteiger partial charge is 0.270 e. The van der Waals surface area contributed by atoms with Gasteiger partial charge in [0, 0.05) is 29.1 Å². The van der Waals surface area contributed by atoms with Crippen LogP contribution in [-0.2, 0) is 0 Å². The van der Waals surface area contributed by atoms with Crippen LogP contribution in [0.5, 0.6) is 5.75 Å². The van der Waals surface area contributed by atoms with Crippen LogP contribution < -0.4 is 10.1 Å². The maximum atomic E-state index is 12.4. The first-order valence-electron chi connectivity index (χ1n) is 7.87. The number of ether oxygens (including phenoxy) is 1. The molecule has 3 rings (SSSR count). The third-order valence-corrected chi connectivity index (χ3v) is 3.83. The maximum absolute atomic E-state index is 12.4. The molecule has 1 N–H and O–H groups in total. The predicted molar refractivity (Wildman–Crippen MR) is 94.5 cm³/mol. The van der Waals surface area contributed by atoms with Gasteiger partial charge < -0.3 is 10.1 Å². The van der Waals surface area contributed by atoms with Crippen LogP contribution in [-0.4, -0.2) is 36.2 Å². The van der Waals surface area contributed by atoms with Crippen molar-refractivity contribution < 1.29 is 13.9 Å². The van der Waals surface area contributed by atoms with E-state index in [2.05, 4.69) is 15.3 Å². The van der Waals surface area contributed by atoms with Gasteiger partial charge in [-0.1, -0.05) is 6.07 Å². The van der Waals surface area contributed by atoms with Crippen molar-refractivity contribution in [3.63, 3.8) is 0 Å². The lowest BCUT2D eigenvalue weighted by molar-refractivity contribution is 0.0947. The van der Waals surface area contributed by atoms with E-state index in [0.717, 1.165) is 0 Å². The molecule has 130 valence electrons. The Balaban J connectivity index is 2.33. The van der Waals surface area contributed by atoms with E-state index < -0.39 is 12.6 Å². The molecule has 0 radical (unpaired) electrons. The number of rotatable bonds is 5. The van der Waals surface area contributed by atoms with E-state index in [0.29, 0.717) is 27.8 Å². The average molecular weight is 350 g/mol. The number of benzene rings is 1. The Hall–Kier alpha value is -3.53. The molecule has 3 aromatic rings. The van der Waals surface area contributed by atoms with Gasteiger partial charge in [-0.25, -0.2) is 9.37 Å². The molecule has 2 aromatic heterocycles. The van der Waals surface area contributed by atoms with E-state index in [4.69, 9.17) is 4.74 Å². The molecule has 0 fully saturated rings. The first-order chi connectivity index (χ1) is 12.7. The minimum absolute atomic E-state index is 0.0623. The molecule has 1 amide bonds. The number of nitrogens with zero attached hydrogens (tertiary/aromatic N) is 3. The lowest BCUT2D eigenvalue weighted by Crippen LogP contribution is -2.27. The summed E-state index contributed by atoms with van der Waals surface area (Å²) in [5.74, 6) is 0.0294. The van der Waals surface area contributed by atoms with Gasteiger partial charge in [0.1, 0.15) is 24.2 Å². The van der Waals surface area contributed by atoms with Crippen LogP contribution >= 0.6 is 0 Å². The number of pyridine rings is 2. The molecule has 1 aromatic carbocycles. The van der Waals surface area contributed by atoms with Crippen LogP contribution in [0.1, 0.15) is 16.2 Å². The Labute approximate surface area is 149 Å². The molecule has 2 heterocycles. The molecule has 0 aliphatic rings. The van der Waals surface area contributed by atoms with E-state index in [9.17, 15) is 14.4 Å². The standard InChI is InChI=1S/C19H15FN4O2/c1-26-12-5-6-13-14(10-12)17(15-4-2-3-8-22-15)16(11-21)24-18(13)19(25)23-9-7-20/h2-6,8,10H,7,9H2,1H3,(H,23,25). The Morgan fingerprint density at radius 3 is 2.81 bits per heavy atom. The topological polar surface area (TPSA) is 87.9 Å². The highest BCUT2D eigenvalue weighted by atomic mass is 19.1. The van der Waals surface area contributed by atoms with E-state index in [1.54, 1.807) is 42.6 Å². The molecule has 0 atom stereocenters. The van der Waals surface area contributed by atoms with Gasteiger partial charge in [-0.05, 0) is 30.3 Å². The fourth-order valence-corrected chi connectivity index (χ4v) is 2.69. The second-order valence-corrected chi connectivity index (χ2v) is 5.37. The van der Waals surface area contributed by atoms with Crippen LogP contribution in [0.3, 0.4) is 0 Å². The first kappa shape index (κ1) is 17.3. The molecule has 7 heteroatoms. The van der Waals surface area contributed by atoms with Crippen LogP contribution in [0.25, 0.3) is 22.0 Å². The number of hydrogen-bond acceptors (Lipinski definition) is 5. The second kappa shape index (κ2) is 7.57. The number of alkyl halides is 1. The Bertz CT molecular complexity index is 1000. The molecule has 0 aliphatic carbocycles. The fourth-order valence-electron chi connectivity index (χ4n) is 2.69. The summed E-state index contributed by atoms with van der Waals surface area (Å²) in [6, 6.07) is 12.5. The highest BCUT2D eigenvalue weighted by Gasteiger charge is 2.20. The quantitative estimate of drug-likeness (QED) is 0.764. The van der Waals surface area contributed by atoms with Crippen molar-refractivity contribution in [2.45, 2.75) is 0 Å². The van der Waals surface area contributed by atoms with E-state index >= 15 is 0 Å². The number of fused-ring (bicyclic) bond motifs is 1. The summed E-state index contributed by atoms with van der Waals surface area (Å²) in [7, 11) is 1.53. The van der Waals surface area contributed by atoms with Gasteiger partial charge in [0.2, 0.25) is 0 Å². The zero-order valence-corrected chi connectivity index (χ0v) is 14.0. The van der Waals surface area contributed by atoms with Gasteiger partial charge in [-0.3, -0.25) is 9.78 Å². The number of nitrogens with one attached hydrogen (secondary N) is 1. The van der Waals surface area contributed by atoms with E-state index in [-0.39, 0.29) is 17.9 Å². The molecule has 0 saturated heterocycles. The van der Waals surface area contributed by atoms with E-state index in [1.165, 1.54) is 7.11 Å². The molecule has 0 aliphatic heterocycles. The van der Waals surface area contributed by atoms with Crippen molar-refractivity contribution in [2.24, 2.45) is 0 Å². The summed E-state index contributed by atoms with van der Waals surface area (Å²) >= 11 is 0. The van der Waals surface area contributed by atoms with Crippen LogP contribution in [0.4, 0.5) is 4.39 Å². The number of nitriles is 1. The summed E-state index contributed by atoms with van der Waals surface area (Å²) in [6.45, 7) is -0.809. The van der Waals surface area contributed by atoms with E-state index in [1.807, 2.05) is 6.07 Å². The molecule has 26 heavy (non-hydrogen) atoms. The largest absolute Gasteiger partial charge is 0.497 e. The zero-order chi connectivity index (χ0) is 18.5. The van der Waals surface area contributed by atoms with Crippen molar-refractivity contribution in [1.82, 2.24) is 15.3 Å². The molecule has 0 spiro atoms. The highest BCUT2D eigenvalue weighted by molar-refractivity contribution is 6.10. The molecule has 0 unspecified atom stereocenters. The zero-order valence-electron chi connectivity index (χ0n) is 14.0. The molecular weight excluding hydrogens is 335 g/mol. The Morgan fingerprint density at radius 2 is 2.15 bits per heavy atom. The third-order valence-electron chi connectivity index (χ3n) is 3.83. The van der Waals surface area contributed by atoms with Gasteiger partial charge in [0.15, 0.2) is 5.69 Å². The SMILES string of the molecule is COc1ccc2c(C(=O)NCCF)nc(C#N)c(-c3ccccn3)c2c1. The summed E-state index contributed by atoms with van der Waals surface area (Å²) in [4.78, 5) is 20.9. The fraction of sp³-hybridized carbons (Fsp3) is 0.158. The van der Waals surface area contributed by atoms with Crippen LogP contribution in [0.2, 0.25) is 0 Å². The molecular formula is C19H15FN4O2. The first-order valence-corrected chi connectivity index (χ1v) is 7.87. The number of carbonyl (C=O) groups is 1.